The molecule has 0 aliphatic carbocycles. The van der Waals surface area contributed by atoms with Crippen LogP contribution in [0.3, 0.4) is 0 Å². The van der Waals surface area contributed by atoms with Gasteiger partial charge < -0.3 is 4.74 Å². The largest absolute Gasteiger partial charge is 0.344 e. The fourth-order valence-electron chi connectivity index (χ4n) is 2.19. The zero-order chi connectivity index (χ0) is 22.2. The van der Waals surface area contributed by atoms with E-state index in [2.05, 4.69) is 0 Å². The molecule has 0 aromatic carbocycles. The van der Waals surface area contributed by atoms with E-state index in [1.54, 1.807) is 83.1 Å². The minimum Gasteiger partial charge on any atom is -0.344 e. The van der Waals surface area contributed by atoms with Crippen molar-refractivity contribution in [2.75, 3.05) is 0 Å². The van der Waals surface area contributed by atoms with Crippen LogP contribution in [0.25, 0.3) is 0 Å². The molecule has 0 aliphatic heterocycles. The van der Waals surface area contributed by atoms with E-state index < -0.39 is 57.0 Å². The van der Waals surface area contributed by atoms with Gasteiger partial charge in [0.1, 0.15) is 0 Å². The topological polar surface area (TPSA) is 77.5 Å². The lowest BCUT2D eigenvalue weighted by Crippen LogP contribution is -2.53. The molecule has 0 aromatic heterocycles. The van der Waals surface area contributed by atoms with Gasteiger partial charge in [-0.25, -0.2) is 0 Å². The summed E-state index contributed by atoms with van der Waals surface area (Å²) in [5.74, 6) is -1.74. The average Bonchev–Trinajstić information content (AvgIpc) is 2.42. The van der Waals surface area contributed by atoms with Crippen molar-refractivity contribution in [3.05, 3.63) is 0 Å². The summed E-state index contributed by atoms with van der Waals surface area (Å²) in [5, 5.41) is 0. The summed E-state index contributed by atoms with van der Waals surface area (Å²) in [4.78, 5) is 51.9. The molecule has 0 heterocycles. The standard InChI is InChI=1S/C22H38O5/c1-19(2,3)15(23)13(16(24)20(4,5)6)27-14(17(25)21(7,8)9)18(26)22(10,11)12/h13-14H,1-12H3. The zero-order valence-electron chi connectivity index (χ0n) is 19.2. The molecular weight excluding hydrogens is 344 g/mol. The first-order chi connectivity index (χ1) is 11.6. The molecule has 0 saturated carbocycles. The van der Waals surface area contributed by atoms with Crippen molar-refractivity contribution in [1.82, 2.24) is 0 Å². The predicted molar refractivity (Wildman–Crippen MR) is 107 cm³/mol. The highest BCUT2D eigenvalue weighted by Gasteiger charge is 2.47. The summed E-state index contributed by atoms with van der Waals surface area (Å²) < 4.78 is 5.81. The molecular formula is C22H38O5. The van der Waals surface area contributed by atoms with E-state index in [0.717, 1.165) is 0 Å². The van der Waals surface area contributed by atoms with Gasteiger partial charge in [-0.3, -0.25) is 19.2 Å². The second-order valence-corrected chi connectivity index (χ2v) is 11.4. The second kappa shape index (κ2) is 7.94. The molecule has 5 heteroatoms. The van der Waals surface area contributed by atoms with Crippen molar-refractivity contribution in [3.63, 3.8) is 0 Å². The Morgan fingerprint density at radius 2 is 0.593 bits per heavy atom. The van der Waals surface area contributed by atoms with Crippen LogP contribution in [-0.2, 0) is 23.9 Å². The summed E-state index contributed by atoms with van der Waals surface area (Å²) >= 11 is 0. The molecule has 27 heavy (non-hydrogen) atoms. The number of carbonyl (C=O) groups excluding carboxylic acids is 4. The molecule has 0 rings (SSSR count). The fraction of sp³-hybridized carbons (Fsp3) is 0.818. The van der Waals surface area contributed by atoms with Gasteiger partial charge >= 0.3 is 0 Å². The molecule has 0 N–H and O–H groups in total. The van der Waals surface area contributed by atoms with Gasteiger partial charge in [-0.15, -0.1) is 0 Å². The molecule has 156 valence electrons. The van der Waals surface area contributed by atoms with Crippen LogP contribution in [-0.4, -0.2) is 35.3 Å². The summed E-state index contributed by atoms with van der Waals surface area (Å²) in [6, 6.07) is 0. The van der Waals surface area contributed by atoms with E-state index in [1.165, 1.54) is 0 Å². The quantitative estimate of drug-likeness (QED) is 0.643. The van der Waals surface area contributed by atoms with Crippen molar-refractivity contribution in [2.24, 2.45) is 21.7 Å². The van der Waals surface area contributed by atoms with Gasteiger partial charge in [-0.2, -0.15) is 0 Å². The Kier molecular flexibility index (Phi) is 7.54. The third-order valence-corrected chi connectivity index (χ3v) is 4.18. The van der Waals surface area contributed by atoms with Crippen LogP contribution in [0.1, 0.15) is 83.1 Å². The molecule has 0 amide bonds. The van der Waals surface area contributed by atoms with Crippen molar-refractivity contribution in [1.29, 1.82) is 0 Å². The third-order valence-electron chi connectivity index (χ3n) is 4.18. The van der Waals surface area contributed by atoms with Crippen LogP contribution in [0.5, 0.6) is 0 Å². The average molecular weight is 383 g/mol. The summed E-state index contributed by atoms with van der Waals surface area (Å²) in [5.41, 5.74) is -3.42. The SMILES string of the molecule is CC(C)(C)C(=O)C(OC(C(=O)C(C)(C)C)C(=O)C(C)(C)C)C(=O)C(C)(C)C. The van der Waals surface area contributed by atoms with Crippen LogP contribution >= 0.6 is 0 Å². The number of Topliss-reactive ketones (excluding diaryl/α,β-unsaturated/α-hetero) is 4. The van der Waals surface area contributed by atoms with Crippen LogP contribution in [0.2, 0.25) is 0 Å². The lowest BCUT2D eigenvalue weighted by Gasteiger charge is -2.34. The van der Waals surface area contributed by atoms with E-state index in [1.807, 2.05) is 0 Å². The number of carbonyl (C=O) groups is 4. The second-order valence-electron chi connectivity index (χ2n) is 11.4. The van der Waals surface area contributed by atoms with Crippen molar-refractivity contribution in [3.8, 4) is 0 Å². The normalized spacial score (nSPS) is 13.9. The fourth-order valence-corrected chi connectivity index (χ4v) is 2.19. The highest BCUT2D eigenvalue weighted by atomic mass is 16.5. The molecule has 0 spiro atoms. The summed E-state index contributed by atoms with van der Waals surface area (Å²) in [7, 11) is 0. The van der Waals surface area contributed by atoms with Crippen molar-refractivity contribution < 1.29 is 23.9 Å². The van der Waals surface area contributed by atoms with Crippen molar-refractivity contribution >= 4 is 23.1 Å². The Hall–Kier alpha value is -1.36. The van der Waals surface area contributed by atoms with Gasteiger partial charge in [0.15, 0.2) is 35.3 Å². The highest BCUT2D eigenvalue weighted by molar-refractivity contribution is 6.12. The molecule has 0 aromatic rings. The summed E-state index contributed by atoms with van der Waals surface area (Å²) in [6.07, 6.45) is -2.93. The minimum atomic E-state index is -1.47. The minimum absolute atomic E-state index is 0.434. The molecule has 0 aliphatic rings. The van der Waals surface area contributed by atoms with Gasteiger partial charge in [-0.05, 0) is 0 Å². The molecule has 0 unspecified atom stereocenters. The lowest BCUT2D eigenvalue weighted by atomic mass is 9.78. The Morgan fingerprint density at radius 3 is 0.704 bits per heavy atom. The first kappa shape index (κ1) is 25.6. The van der Waals surface area contributed by atoms with Crippen molar-refractivity contribution in [2.45, 2.75) is 95.3 Å². The van der Waals surface area contributed by atoms with E-state index in [0.29, 0.717) is 0 Å². The van der Waals surface area contributed by atoms with E-state index in [4.69, 9.17) is 4.74 Å². The number of rotatable bonds is 6. The Morgan fingerprint density at radius 1 is 0.444 bits per heavy atom. The first-order valence-corrected chi connectivity index (χ1v) is 9.44. The maximum atomic E-state index is 13.0. The van der Waals surface area contributed by atoms with E-state index in [-0.39, 0.29) is 0 Å². The van der Waals surface area contributed by atoms with Crippen LogP contribution < -0.4 is 0 Å². The maximum absolute atomic E-state index is 13.0. The Bertz CT molecular complexity index is 495. The smallest absolute Gasteiger partial charge is 0.176 e. The number of hydrogen-bond donors (Lipinski definition) is 0. The first-order valence-electron chi connectivity index (χ1n) is 9.44. The Balaban J connectivity index is 6.29. The molecule has 5 nitrogen and oxygen atoms in total. The van der Waals surface area contributed by atoms with Crippen LogP contribution in [0, 0.1) is 21.7 Å². The molecule has 0 fully saturated rings. The predicted octanol–water partition coefficient (Wildman–Crippen LogP) is 4.20. The number of ether oxygens (including phenoxy) is 1. The third kappa shape index (κ3) is 6.95. The highest BCUT2D eigenvalue weighted by Crippen LogP contribution is 2.30. The van der Waals surface area contributed by atoms with Gasteiger partial charge in [0.2, 0.25) is 0 Å². The van der Waals surface area contributed by atoms with E-state index in [9.17, 15) is 19.2 Å². The zero-order valence-corrected chi connectivity index (χ0v) is 19.2. The lowest BCUT2D eigenvalue weighted by molar-refractivity contribution is -0.167. The maximum Gasteiger partial charge on any atom is 0.176 e. The van der Waals surface area contributed by atoms with Gasteiger partial charge in [-0.1, -0.05) is 83.1 Å². The van der Waals surface area contributed by atoms with Crippen LogP contribution in [0.15, 0.2) is 0 Å². The molecule has 0 saturated heterocycles. The monoisotopic (exact) mass is 382 g/mol. The molecule has 0 bridgehead atoms. The van der Waals surface area contributed by atoms with Gasteiger partial charge in [0.05, 0.1) is 0 Å². The van der Waals surface area contributed by atoms with E-state index >= 15 is 0 Å². The number of ketones is 4. The Labute approximate surface area is 164 Å². The number of hydrogen-bond acceptors (Lipinski definition) is 5. The molecule has 0 atom stereocenters. The van der Waals surface area contributed by atoms with Gasteiger partial charge in [0, 0.05) is 21.7 Å². The van der Waals surface area contributed by atoms with Gasteiger partial charge in [0.25, 0.3) is 0 Å². The van der Waals surface area contributed by atoms with Crippen LogP contribution in [0.4, 0.5) is 0 Å². The summed E-state index contributed by atoms with van der Waals surface area (Å²) in [6.45, 7) is 20.3. The molecule has 0 radical (unpaired) electrons.